The predicted octanol–water partition coefficient (Wildman–Crippen LogP) is 1.78. The van der Waals surface area contributed by atoms with Gasteiger partial charge in [-0.3, -0.25) is 4.79 Å². The Bertz CT molecular complexity index is 275. The van der Waals surface area contributed by atoms with Crippen LogP contribution in [0.3, 0.4) is 0 Å². The van der Waals surface area contributed by atoms with Crippen LogP contribution in [0.25, 0.3) is 0 Å². The van der Waals surface area contributed by atoms with E-state index in [1.165, 1.54) is 12.8 Å². The van der Waals surface area contributed by atoms with E-state index in [4.69, 9.17) is 0 Å². The first-order valence-electron chi connectivity index (χ1n) is 6.58. The van der Waals surface area contributed by atoms with Crippen LogP contribution >= 0.6 is 0 Å². The first-order chi connectivity index (χ1) is 7.53. The first-order valence-corrected chi connectivity index (χ1v) is 6.58. The quantitative estimate of drug-likeness (QED) is 0.775. The molecule has 0 aromatic heterocycles. The van der Waals surface area contributed by atoms with Gasteiger partial charge in [0.25, 0.3) is 0 Å². The molecule has 2 atom stereocenters. The molecular formula is C13H24N2O. The highest BCUT2D eigenvalue weighted by Gasteiger charge is 2.35. The maximum atomic E-state index is 12.4. The molecule has 2 rings (SSSR count). The van der Waals surface area contributed by atoms with Crippen LogP contribution in [-0.4, -0.2) is 36.0 Å². The largest absolute Gasteiger partial charge is 0.341 e. The molecule has 92 valence electrons. The number of nitrogens with one attached hydrogen (secondary N) is 1. The van der Waals surface area contributed by atoms with Crippen LogP contribution in [0.15, 0.2) is 0 Å². The van der Waals surface area contributed by atoms with E-state index in [2.05, 4.69) is 31.0 Å². The molecule has 2 aliphatic rings. The Morgan fingerprint density at radius 1 is 1.31 bits per heavy atom. The van der Waals surface area contributed by atoms with Gasteiger partial charge < -0.3 is 10.2 Å². The minimum atomic E-state index is -0.191. The highest BCUT2D eigenvalue weighted by molar-refractivity contribution is 5.82. The van der Waals surface area contributed by atoms with Crippen molar-refractivity contribution < 1.29 is 4.79 Å². The number of hydrogen-bond donors (Lipinski definition) is 1. The second-order valence-electron chi connectivity index (χ2n) is 5.92. The van der Waals surface area contributed by atoms with E-state index in [0.29, 0.717) is 18.0 Å². The van der Waals surface area contributed by atoms with Crippen molar-refractivity contribution in [3.63, 3.8) is 0 Å². The van der Waals surface area contributed by atoms with Crippen LogP contribution in [0.4, 0.5) is 0 Å². The fraction of sp³-hybridized carbons (Fsp3) is 0.923. The molecule has 2 heterocycles. The van der Waals surface area contributed by atoms with Crippen molar-refractivity contribution in [3.8, 4) is 0 Å². The van der Waals surface area contributed by atoms with Crippen molar-refractivity contribution in [3.05, 3.63) is 0 Å². The van der Waals surface area contributed by atoms with Gasteiger partial charge in [0.2, 0.25) is 5.91 Å². The third-order valence-corrected chi connectivity index (χ3v) is 4.27. The van der Waals surface area contributed by atoms with Gasteiger partial charge in [-0.25, -0.2) is 0 Å². The van der Waals surface area contributed by atoms with Crippen molar-refractivity contribution in [2.75, 3.05) is 13.1 Å². The summed E-state index contributed by atoms with van der Waals surface area (Å²) in [6, 6.07) is 1.21. The van der Waals surface area contributed by atoms with Crippen LogP contribution in [0.2, 0.25) is 0 Å². The van der Waals surface area contributed by atoms with Crippen molar-refractivity contribution in [2.24, 2.45) is 5.41 Å². The highest BCUT2D eigenvalue weighted by Crippen LogP contribution is 2.27. The zero-order chi connectivity index (χ0) is 11.8. The van der Waals surface area contributed by atoms with Gasteiger partial charge >= 0.3 is 0 Å². The fourth-order valence-corrected chi connectivity index (χ4v) is 2.71. The van der Waals surface area contributed by atoms with E-state index >= 15 is 0 Å². The van der Waals surface area contributed by atoms with Crippen LogP contribution in [0.5, 0.6) is 0 Å². The number of rotatable bonds is 2. The predicted molar refractivity (Wildman–Crippen MR) is 65.2 cm³/mol. The van der Waals surface area contributed by atoms with Crippen LogP contribution in [0, 0.1) is 5.41 Å². The molecular weight excluding hydrogens is 200 g/mol. The zero-order valence-electron chi connectivity index (χ0n) is 10.8. The molecule has 2 fully saturated rings. The molecule has 0 saturated carbocycles. The Labute approximate surface area is 98.6 Å². The van der Waals surface area contributed by atoms with Gasteiger partial charge in [-0.15, -0.1) is 0 Å². The van der Waals surface area contributed by atoms with E-state index in [1.807, 2.05) is 0 Å². The molecule has 2 aliphatic heterocycles. The summed E-state index contributed by atoms with van der Waals surface area (Å²) in [6.07, 6.45) is 4.58. The minimum Gasteiger partial charge on any atom is -0.341 e. The third-order valence-electron chi connectivity index (χ3n) is 4.27. The van der Waals surface area contributed by atoms with Crippen molar-refractivity contribution in [1.82, 2.24) is 10.2 Å². The van der Waals surface area contributed by atoms with E-state index in [9.17, 15) is 4.79 Å². The Hall–Kier alpha value is -0.570. The summed E-state index contributed by atoms with van der Waals surface area (Å²) in [5, 5.41) is 3.61. The maximum absolute atomic E-state index is 12.4. The summed E-state index contributed by atoms with van der Waals surface area (Å²) in [4.78, 5) is 14.5. The number of hydrogen-bond acceptors (Lipinski definition) is 2. The van der Waals surface area contributed by atoms with Gasteiger partial charge in [-0.05, 0) is 25.7 Å². The summed E-state index contributed by atoms with van der Waals surface area (Å²) >= 11 is 0. The minimum absolute atomic E-state index is 0.191. The van der Waals surface area contributed by atoms with Gasteiger partial charge in [-0.1, -0.05) is 20.8 Å². The van der Waals surface area contributed by atoms with Crippen LogP contribution in [0.1, 0.15) is 46.5 Å². The summed E-state index contributed by atoms with van der Waals surface area (Å²) in [5.74, 6) is 0.337. The van der Waals surface area contributed by atoms with Crippen molar-refractivity contribution in [2.45, 2.75) is 58.5 Å². The monoisotopic (exact) mass is 224 g/mol. The SMILES string of the molecule is CCC(C)(C)C(=O)N1CCC2CCC(C1)N2. The molecule has 0 aliphatic carbocycles. The number of carbonyl (C=O) groups excluding carboxylic acids is 1. The standard InChI is InChI=1S/C13H24N2O/c1-4-13(2,3)12(16)15-8-7-10-5-6-11(9-15)14-10/h10-11,14H,4-9H2,1-3H3. The van der Waals surface area contributed by atoms with Crippen LogP contribution in [-0.2, 0) is 4.79 Å². The molecule has 16 heavy (non-hydrogen) atoms. The van der Waals surface area contributed by atoms with E-state index in [-0.39, 0.29) is 5.41 Å². The third kappa shape index (κ3) is 2.24. The number of nitrogens with zero attached hydrogens (tertiary/aromatic N) is 1. The lowest BCUT2D eigenvalue weighted by atomic mass is 9.88. The Morgan fingerprint density at radius 2 is 2.00 bits per heavy atom. The van der Waals surface area contributed by atoms with E-state index in [0.717, 1.165) is 25.9 Å². The average molecular weight is 224 g/mol. The lowest BCUT2D eigenvalue weighted by Crippen LogP contribution is -2.45. The number of amides is 1. The van der Waals surface area contributed by atoms with Gasteiger partial charge in [0.15, 0.2) is 0 Å². The molecule has 2 saturated heterocycles. The molecule has 0 aromatic rings. The summed E-state index contributed by atoms with van der Waals surface area (Å²) in [6.45, 7) is 8.08. The Kier molecular flexibility index (Phi) is 3.24. The summed E-state index contributed by atoms with van der Waals surface area (Å²) in [7, 11) is 0. The fourth-order valence-electron chi connectivity index (χ4n) is 2.71. The topological polar surface area (TPSA) is 32.3 Å². The molecule has 3 nitrogen and oxygen atoms in total. The number of fused-ring (bicyclic) bond motifs is 2. The number of carbonyl (C=O) groups is 1. The zero-order valence-corrected chi connectivity index (χ0v) is 10.8. The molecule has 3 heteroatoms. The normalized spacial score (nSPS) is 30.3. The Morgan fingerprint density at radius 3 is 2.69 bits per heavy atom. The van der Waals surface area contributed by atoms with Gasteiger partial charge in [0, 0.05) is 30.6 Å². The van der Waals surface area contributed by atoms with Crippen molar-refractivity contribution in [1.29, 1.82) is 0 Å². The molecule has 2 bridgehead atoms. The summed E-state index contributed by atoms with van der Waals surface area (Å²) < 4.78 is 0. The highest BCUT2D eigenvalue weighted by atomic mass is 16.2. The lowest BCUT2D eigenvalue weighted by Gasteiger charge is -2.32. The Balaban J connectivity index is 2.02. The first kappa shape index (κ1) is 11.9. The molecule has 0 radical (unpaired) electrons. The second kappa shape index (κ2) is 4.36. The maximum Gasteiger partial charge on any atom is 0.228 e. The van der Waals surface area contributed by atoms with Gasteiger partial charge in [0.05, 0.1) is 0 Å². The average Bonchev–Trinajstić information content (AvgIpc) is 2.57. The van der Waals surface area contributed by atoms with E-state index in [1.54, 1.807) is 0 Å². The molecule has 1 amide bonds. The molecule has 0 spiro atoms. The molecule has 0 aromatic carbocycles. The van der Waals surface area contributed by atoms with Gasteiger partial charge in [-0.2, -0.15) is 0 Å². The van der Waals surface area contributed by atoms with Crippen molar-refractivity contribution >= 4 is 5.91 Å². The smallest absolute Gasteiger partial charge is 0.228 e. The summed E-state index contributed by atoms with van der Waals surface area (Å²) in [5.41, 5.74) is -0.191. The molecule has 1 N–H and O–H groups in total. The second-order valence-corrected chi connectivity index (χ2v) is 5.92. The number of likely N-dealkylation sites (tertiary alicyclic amines) is 1. The van der Waals surface area contributed by atoms with Crippen LogP contribution < -0.4 is 5.32 Å². The van der Waals surface area contributed by atoms with Gasteiger partial charge in [0.1, 0.15) is 0 Å². The lowest BCUT2D eigenvalue weighted by molar-refractivity contribution is -0.140. The van der Waals surface area contributed by atoms with E-state index < -0.39 is 0 Å². The molecule has 2 unspecified atom stereocenters.